The van der Waals surface area contributed by atoms with E-state index in [9.17, 15) is 4.79 Å². The van der Waals surface area contributed by atoms with Gasteiger partial charge in [-0.2, -0.15) is 0 Å². The molecule has 0 bridgehead atoms. The SMILES string of the molecule is CCC(=Cc1scnc1C)C(=O)O. The Morgan fingerprint density at radius 1 is 1.77 bits per heavy atom. The molecule has 0 amide bonds. The van der Waals surface area contributed by atoms with Crippen molar-refractivity contribution < 1.29 is 9.90 Å². The number of aromatic nitrogens is 1. The van der Waals surface area contributed by atoms with Crippen molar-refractivity contribution in [2.75, 3.05) is 0 Å². The van der Waals surface area contributed by atoms with E-state index in [-0.39, 0.29) is 0 Å². The molecule has 1 N–H and O–H groups in total. The molecule has 1 heterocycles. The smallest absolute Gasteiger partial charge is 0.331 e. The molecule has 13 heavy (non-hydrogen) atoms. The Labute approximate surface area is 80.7 Å². The minimum absolute atomic E-state index is 0.423. The van der Waals surface area contributed by atoms with Crippen LogP contribution in [0.5, 0.6) is 0 Å². The van der Waals surface area contributed by atoms with Gasteiger partial charge in [-0.15, -0.1) is 11.3 Å². The first kappa shape index (κ1) is 9.92. The fourth-order valence-electron chi connectivity index (χ4n) is 0.923. The number of carbonyl (C=O) groups is 1. The van der Waals surface area contributed by atoms with E-state index in [1.54, 1.807) is 11.6 Å². The number of carboxylic acid groups (broad SMARTS) is 1. The first-order valence-electron chi connectivity index (χ1n) is 3.99. The molecule has 0 unspecified atom stereocenters. The highest BCUT2D eigenvalue weighted by molar-refractivity contribution is 7.10. The number of hydrogen-bond acceptors (Lipinski definition) is 3. The van der Waals surface area contributed by atoms with Gasteiger partial charge in [-0.3, -0.25) is 0 Å². The highest BCUT2D eigenvalue weighted by atomic mass is 32.1. The third-order valence-corrected chi connectivity index (χ3v) is 2.62. The van der Waals surface area contributed by atoms with Gasteiger partial charge < -0.3 is 5.11 Å². The maximum absolute atomic E-state index is 10.7. The van der Waals surface area contributed by atoms with Gasteiger partial charge in [-0.25, -0.2) is 9.78 Å². The second-order valence-corrected chi connectivity index (χ2v) is 3.52. The van der Waals surface area contributed by atoms with E-state index in [0.29, 0.717) is 12.0 Å². The molecule has 4 heteroatoms. The predicted octanol–water partition coefficient (Wildman–Crippen LogP) is 2.33. The molecule has 0 saturated heterocycles. The lowest BCUT2D eigenvalue weighted by Gasteiger charge is -1.95. The summed E-state index contributed by atoms with van der Waals surface area (Å²) in [7, 11) is 0. The molecule has 0 aliphatic rings. The fraction of sp³-hybridized carbons (Fsp3) is 0.333. The number of aryl methyl sites for hydroxylation is 1. The van der Waals surface area contributed by atoms with Crippen molar-refractivity contribution in [3.05, 3.63) is 21.7 Å². The number of aliphatic carboxylic acids is 1. The van der Waals surface area contributed by atoms with Crippen molar-refractivity contribution in [3.63, 3.8) is 0 Å². The summed E-state index contributed by atoms with van der Waals surface area (Å²) in [6, 6.07) is 0. The topological polar surface area (TPSA) is 50.2 Å². The van der Waals surface area contributed by atoms with Gasteiger partial charge in [0.1, 0.15) is 0 Å². The summed E-state index contributed by atoms with van der Waals surface area (Å²) >= 11 is 1.46. The Hall–Kier alpha value is -1.16. The van der Waals surface area contributed by atoms with Crippen LogP contribution in [0.4, 0.5) is 0 Å². The Balaban J connectivity index is 2.98. The van der Waals surface area contributed by atoms with Gasteiger partial charge in [0.15, 0.2) is 0 Å². The normalized spacial score (nSPS) is 11.7. The quantitative estimate of drug-likeness (QED) is 0.756. The predicted molar refractivity (Wildman–Crippen MR) is 52.8 cm³/mol. The zero-order chi connectivity index (χ0) is 9.84. The van der Waals surface area contributed by atoms with Crippen LogP contribution >= 0.6 is 11.3 Å². The third kappa shape index (κ3) is 2.39. The minimum atomic E-state index is -0.852. The summed E-state index contributed by atoms with van der Waals surface area (Å²) in [4.78, 5) is 15.7. The van der Waals surface area contributed by atoms with Crippen LogP contribution < -0.4 is 0 Å². The van der Waals surface area contributed by atoms with Crippen molar-refractivity contribution in [1.29, 1.82) is 0 Å². The summed E-state index contributed by atoms with van der Waals surface area (Å²) in [5.41, 5.74) is 3.03. The van der Waals surface area contributed by atoms with Crippen molar-refractivity contribution in [2.24, 2.45) is 0 Å². The molecule has 1 aromatic rings. The molecule has 0 atom stereocenters. The molecule has 0 aliphatic heterocycles. The lowest BCUT2D eigenvalue weighted by molar-refractivity contribution is -0.132. The largest absolute Gasteiger partial charge is 0.478 e. The average molecular weight is 197 g/mol. The molecule has 0 spiro atoms. The van der Waals surface area contributed by atoms with E-state index in [2.05, 4.69) is 4.98 Å². The Kier molecular flexibility index (Phi) is 3.19. The lowest BCUT2D eigenvalue weighted by Crippen LogP contribution is -1.98. The van der Waals surface area contributed by atoms with E-state index < -0.39 is 5.97 Å². The molecule has 0 fully saturated rings. The number of rotatable bonds is 3. The van der Waals surface area contributed by atoms with Crippen LogP contribution in [0.1, 0.15) is 23.9 Å². The number of thiazole rings is 1. The number of hydrogen-bond donors (Lipinski definition) is 1. The van der Waals surface area contributed by atoms with Gasteiger partial charge in [-0.1, -0.05) is 6.92 Å². The second-order valence-electron chi connectivity index (χ2n) is 2.63. The maximum atomic E-state index is 10.7. The van der Waals surface area contributed by atoms with E-state index in [4.69, 9.17) is 5.11 Å². The Morgan fingerprint density at radius 3 is 2.85 bits per heavy atom. The molecule has 70 valence electrons. The molecule has 0 aliphatic carbocycles. The standard InChI is InChI=1S/C9H11NO2S/c1-3-7(9(11)12)4-8-6(2)10-5-13-8/h4-5H,3H2,1-2H3,(H,11,12). The van der Waals surface area contributed by atoms with Crippen LogP contribution in [0.25, 0.3) is 6.08 Å². The molecule has 1 rings (SSSR count). The highest BCUT2D eigenvalue weighted by Gasteiger charge is 2.06. The van der Waals surface area contributed by atoms with Crippen LogP contribution in [-0.4, -0.2) is 16.1 Å². The van der Waals surface area contributed by atoms with Crippen LogP contribution in [0.15, 0.2) is 11.1 Å². The van der Waals surface area contributed by atoms with Crippen molar-refractivity contribution in [2.45, 2.75) is 20.3 Å². The Bertz CT molecular complexity index is 341. The summed E-state index contributed by atoms with van der Waals surface area (Å²) in [5, 5.41) is 8.78. The van der Waals surface area contributed by atoms with Crippen molar-refractivity contribution in [3.8, 4) is 0 Å². The zero-order valence-corrected chi connectivity index (χ0v) is 8.39. The highest BCUT2D eigenvalue weighted by Crippen LogP contribution is 2.17. The fourth-order valence-corrected chi connectivity index (χ4v) is 1.68. The monoisotopic (exact) mass is 197 g/mol. The summed E-state index contributed by atoms with van der Waals surface area (Å²) in [6.07, 6.45) is 2.22. The van der Waals surface area contributed by atoms with E-state index in [0.717, 1.165) is 10.6 Å². The van der Waals surface area contributed by atoms with Gasteiger partial charge in [0, 0.05) is 5.57 Å². The van der Waals surface area contributed by atoms with Crippen LogP contribution in [0.3, 0.4) is 0 Å². The number of carboxylic acids is 1. The first-order chi connectivity index (χ1) is 6.15. The maximum Gasteiger partial charge on any atom is 0.331 e. The van der Waals surface area contributed by atoms with Gasteiger partial charge >= 0.3 is 5.97 Å². The average Bonchev–Trinajstić information content (AvgIpc) is 2.46. The van der Waals surface area contributed by atoms with Gasteiger partial charge in [0.2, 0.25) is 0 Å². The van der Waals surface area contributed by atoms with Crippen LogP contribution in [-0.2, 0) is 4.79 Å². The number of nitrogens with zero attached hydrogens (tertiary/aromatic N) is 1. The molecule has 1 aromatic heterocycles. The molecule has 0 aromatic carbocycles. The molecular weight excluding hydrogens is 186 g/mol. The van der Waals surface area contributed by atoms with E-state index in [1.165, 1.54) is 11.3 Å². The first-order valence-corrected chi connectivity index (χ1v) is 4.87. The Morgan fingerprint density at radius 2 is 2.46 bits per heavy atom. The minimum Gasteiger partial charge on any atom is -0.478 e. The van der Waals surface area contributed by atoms with Crippen molar-refractivity contribution in [1.82, 2.24) is 4.98 Å². The second kappa shape index (κ2) is 4.18. The lowest BCUT2D eigenvalue weighted by atomic mass is 10.2. The van der Waals surface area contributed by atoms with E-state index in [1.807, 2.05) is 13.8 Å². The summed E-state index contributed by atoms with van der Waals surface area (Å²) in [5.74, 6) is -0.852. The molecule has 3 nitrogen and oxygen atoms in total. The zero-order valence-electron chi connectivity index (χ0n) is 7.57. The molecule has 0 saturated carbocycles. The van der Waals surface area contributed by atoms with Gasteiger partial charge in [0.25, 0.3) is 0 Å². The van der Waals surface area contributed by atoms with E-state index >= 15 is 0 Å². The van der Waals surface area contributed by atoms with Gasteiger partial charge in [0.05, 0.1) is 16.1 Å². The summed E-state index contributed by atoms with van der Waals surface area (Å²) < 4.78 is 0. The van der Waals surface area contributed by atoms with Crippen LogP contribution in [0, 0.1) is 6.92 Å². The van der Waals surface area contributed by atoms with Crippen LogP contribution in [0.2, 0.25) is 0 Å². The summed E-state index contributed by atoms with van der Waals surface area (Å²) in [6.45, 7) is 3.70. The third-order valence-electron chi connectivity index (χ3n) is 1.74. The molecule has 0 radical (unpaired) electrons. The van der Waals surface area contributed by atoms with Crippen molar-refractivity contribution >= 4 is 23.4 Å². The van der Waals surface area contributed by atoms with Gasteiger partial charge in [-0.05, 0) is 19.4 Å². The molecular formula is C9H11NO2S.